The van der Waals surface area contributed by atoms with Gasteiger partial charge in [-0.25, -0.2) is 9.97 Å². The van der Waals surface area contributed by atoms with E-state index in [0.29, 0.717) is 40.3 Å². The summed E-state index contributed by atoms with van der Waals surface area (Å²) in [5, 5.41) is 9.52. The number of nitriles is 1. The number of nitrogens with one attached hydrogen (secondary N) is 1. The Morgan fingerprint density at radius 2 is 1.56 bits per heavy atom. The third-order valence-corrected chi connectivity index (χ3v) is 6.88. The van der Waals surface area contributed by atoms with Gasteiger partial charge in [-0.1, -0.05) is 42.5 Å². The Bertz CT molecular complexity index is 1700. The topological polar surface area (TPSA) is 98.1 Å². The number of hydrogen-bond donors (Lipinski definition) is 1. The molecule has 0 amide bonds. The van der Waals surface area contributed by atoms with Gasteiger partial charge < -0.3 is 19.5 Å². The van der Waals surface area contributed by atoms with Crippen LogP contribution in [-0.4, -0.2) is 41.1 Å². The summed E-state index contributed by atoms with van der Waals surface area (Å²) in [5.74, 6) is 1.79. The van der Waals surface area contributed by atoms with E-state index in [9.17, 15) is 4.79 Å². The number of rotatable bonds is 6. The Balaban J connectivity index is 1.23. The summed E-state index contributed by atoms with van der Waals surface area (Å²) in [6, 6.07) is 30.9. The van der Waals surface area contributed by atoms with Crippen LogP contribution in [0.1, 0.15) is 11.1 Å². The Labute approximate surface area is 225 Å². The van der Waals surface area contributed by atoms with Gasteiger partial charge in [0.1, 0.15) is 29.4 Å². The zero-order chi connectivity index (χ0) is 26.6. The number of fused-ring (bicyclic) bond motifs is 1. The lowest BCUT2D eigenvalue weighted by atomic mass is 10.2. The molecule has 3 heterocycles. The first-order valence-corrected chi connectivity index (χ1v) is 12.9. The van der Waals surface area contributed by atoms with E-state index >= 15 is 0 Å². The summed E-state index contributed by atoms with van der Waals surface area (Å²) in [7, 11) is 0. The molecule has 192 valence electrons. The molecule has 0 unspecified atom stereocenters. The highest BCUT2D eigenvalue weighted by Crippen LogP contribution is 2.26. The molecule has 8 nitrogen and oxygen atoms in total. The van der Waals surface area contributed by atoms with Crippen molar-refractivity contribution in [2.75, 3.05) is 36.0 Å². The maximum Gasteiger partial charge on any atom is 0.259 e. The predicted octanol–water partition coefficient (Wildman–Crippen LogP) is 4.76. The van der Waals surface area contributed by atoms with Gasteiger partial charge in [-0.05, 0) is 54.1 Å². The highest BCUT2D eigenvalue weighted by atomic mass is 16.5. The first-order chi connectivity index (χ1) is 19.2. The monoisotopic (exact) mass is 514 g/mol. The first kappa shape index (κ1) is 24.2. The number of para-hydroxylation sites is 1. The average Bonchev–Trinajstić information content (AvgIpc) is 3.01. The molecule has 0 radical (unpaired) electrons. The molecular weight excluding hydrogens is 488 g/mol. The summed E-state index contributed by atoms with van der Waals surface area (Å²) >= 11 is 0. The lowest BCUT2D eigenvalue weighted by Gasteiger charge is -2.36. The molecule has 0 aliphatic carbocycles. The Kier molecular flexibility index (Phi) is 6.62. The van der Waals surface area contributed by atoms with Crippen LogP contribution in [0.4, 0.5) is 11.5 Å². The van der Waals surface area contributed by atoms with E-state index in [4.69, 9.17) is 20.0 Å². The summed E-state index contributed by atoms with van der Waals surface area (Å²) in [6.45, 7) is 3.66. The van der Waals surface area contributed by atoms with Gasteiger partial charge in [0.05, 0.1) is 17.0 Å². The molecular formula is C31H26N6O2. The van der Waals surface area contributed by atoms with Crippen LogP contribution in [0, 0.1) is 11.3 Å². The van der Waals surface area contributed by atoms with E-state index in [1.807, 2.05) is 78.9 Å². The zero-order valence-corrected chi connectivity index (χ0v) is 21.2. The smallest absolute Gasteiger partial charge is 0.259 e. The Morgan fingerprint density at radius 1 is 0.821 bits per heavy atom. The van der Waals surface area contributed by atoms with Crippen molar-refractivity contribution in [2.24, 2.45) is 0 Å². The number of aromatic nitrogens is 3. The number of benzene rings is 3. The van der Waals surface area contributed by atoms with Gasteiger partial charge >= 0.3 is 0 Å². The molecule has 0 saturated carbocycles. The number of nitrogens with zero attached hydrogens (tertiary/aromatic N) is 5. The van der Waals surface area contributed by atoms with Gasteiger partial charge in [0.15, 0.2) is 5.82 Å². The maximum absolute atomic E-state index is 13.0. The summed E-state index contributed by atoms with van der Waals surface area (Å²) in [4.78, 5) is 30.1. The minimum Gasteiger partial charge on any atom is -0.487 e. The number of pyridine rings is 1. The van der Waals surface area contributed by atoms with Crippen molar-refractivity contribution in [1.82, 2.24) is 15.0 Å². The van der Waals surface area contributed by atoms with Crippen molar-refractivity contribution in [1.29, 1.82) is 5.26 Å². The van der Waals surface area contributed by atoms with E-state index in [2.05, 4.69) is 20.9 Å². The number of H-pyrrole nitrogens is 1. The molecule has 0 spiro atoms. The second-order valence-electron chi connectivity index (χ2n) is 9.35. The van der Waals surface area contributed by atoms with E-state index in [0.717, 1.165) is 43.2 Å². The molecule has 1 fully saturated rings. The van der Waals surface area contributed by atoms with Gasteiger partial charge in [-0.2, -0.15) is 5.26 Å². The second-order valence-corrected chi connectivity index (χ2v) is 9.35. The molecule has 6 rings (SSSR count). The first-order valence-electron chi connectivity index (χ1n) is 12.9. The normalized spacial score (nSPS) is 13.3. The molecule has 1 aliphatic rings. The van der Waals surface area contributed by atoms with Gasteiger partial charge in [-0.3, -0.25) is 4.79 Å². The van der Waals surface area contributed by atoms with Crippen molar-refractivity contribution in [3.8, 4) is 23.3 Å². The number of hydrogen-bond acceptors (Lipinski definition) is 7. The summed E-state index contributed by atoms with van der Waals surface area (Å²) in [5.41, 5.74) is 3.68. The van der Waals surface area contributed by atoms with Crippen LogP contribution in [0.3, 0.4) is 0 Å². The lowest BCUT2D eigenvalue weighted by Crippen LogP contribution is -2.46. The standard InChI is InChI=1S/C31H26N6O2/c32-20-22-12-14-24(15-13-22)36-16-18-37(19-17-36)28-11-5-9-26(33-28)30-34-29-25(31(38)35-30)8-4-10-27(29)39-21-23-6-2-1-3-7-23/h1-15H,16-19,21H2,(H,34,35,38). The molecule has 0 atom stereocenters. The van der Waals surface area contributed by atoms with Crippen LogP contribution in [0.25, 0.3) is 22.4 Å². The Hall–Kier alpha value is -5.16. The molecule has 1 N–H and O–H groups in total. The fourth-order valence-electron chi connectivity index (χ4n) is 4.78. The summed E-state index contributed by atoms with van der Waals surface area (Å²) < 4.78 is 6.07. The molecule has 0 bridgehead atoms. The number of ether oxygens (including phenoxy) is 1. The third-order valence-electron chi connectivity index (χ3n) is 6.88. The predicted molar refractivity (Wildman–Crippen MR) is 152 cm³/mol. The lowest BCUT2D eigenvalue weighted by molar-refractivity contribution is 0.309. The van der Waals surface area contributed by atoms with E-state index < -0.39 is 0 Å². The number of piperazine rings is 1. The van der Waals surface area contributed by atoms with Crippen LogP contribution in [-0.2, 0) is 6.61 Å². The van der Waals surface area contributed by atoms with E-state index in [1.165, 1.54) is 0 Å². The molecule has 1 aliphatic heterocycles. The van der Waals surface area contributed by atoms with Gasteiger partial charge in [0.2, 0.25) is 0 Å². The van der Waals surface area contributed by atoms with Crippen LogP contribution in [0.15, 0.2) is 95.8 Å². The molecule has 1 saturated heterocycles. The van der Waals surface area contributed by atoms with E-state index in [-0.39, 0.29) is 5.56 Å². The van der Waals surface area contributed by atoms with Crippen LogP contribution in [0.5, 0.6) is 5.75 Å². The SMILES string of the molecule is N#Cc1ccc(N2CCN(c3cccc(-c4nc5c(OCc6ccccc6)cccc5c(=O)[nH]4)n3)CC2)cc1. The zero-order valence-electron chi connectivity index (χ0n) is 21.2. The van der Waals surface area contributed by atoms with Crippen molar-refractivity contribution in [3.63, 3.8) is 0 Å². The van der Waals surface area contributed by atoms with Crippen molar-refractivity contribution in [3.05, 3.63) is 112 Å². The van der Waals surface area contributed by atoms with Crippen molar-refractivity contribution >= 4 is 22.4 Å². The van der Waals surface area contributed by atoms with Crippen molar-refractivity contribution in [2.45, 2.75) is 6.61 Å². The number of aromatic amines is 1. The maximum atomic E-state index is 13.0. The minimum atomic E-state index is -0.233. The molecule has 39 heavy (non-hydrogen) atoms. The third kappa shape index (κ3) is 5.15. The van der Waals surface area contributed by atoms with E-state index in [1.54, 1.807) is 12.1 Å². The largest absolute Gasteiger partial charge is 0.487 e. The van der Waals surface area contributed by atoms with Crippen molar-refractivity contribution < 1.29 is 4.74 Å². The fraction of sp³-hybridized carbons (Fsp3) is 0.161. The van der Waals surface area contributed by atoms with Gasteiger partial charge in [0.25, 0.3) is 5.56 Å². The second kappa shape index (κ2) is 10.7. The average molecular weight is 515 g/mol. The summed E-state index contributed by atoms with van der Waals surface area (Å²) in [6.07, 6.45) is 0. The highest BCUT2D eigenvalue weighted by Gasteiger charge is 2.19. The minimum absolute atomic E-state index is 0.233. The molecule has 5 aromatic rings. The Morgan fingerprint density at radius 3 is 2.33 bits per heavy atom. The molecule has 8 heteroatoms. The van der Waals surface area contributed by atoms with Crippen LogP contribution >= 0.6 is 0 Å². The molecule has 3 aromatic carbocycles. The van der Waals surface area contributed by atoms with Crippen LogP contribution < -0.4 is 20.1 Å². The van der Waals surface area contributed by atoms with Crippen LogP contribution in [0.2, 0.25) is 0 Å². The fourth-order valence-corrected chi connectivity index (χ4v) is 4.78. The van der Waals surface area contributed by atoms with Gasteiger partial charge in [0, 0.05) is 31.9 Å². The molecule has 2 aromatic heterocycles. The highest BCUT2D eigenvalue weighted by molar-refractivity contribution is 5.85. The number of anilines is 2. The van der Waals surface area contributed by atoms with Gasteiger partial charge in [-0.15, -0.1) is 0 Å². The quantitative estimate of drug-likeness (QED) is 0.349.